The van der Waals surface area contributed by atoms with E-state index in [9.17, 15) is 4.79 Å². The van der Waals surface area contributed by atoms with E-state index in [2.05, 4.69) is 15.3 Å². The first-order chi connectivity index (χ1) is 13.5. The highest BCUT2D eigenvalue weighted by Gasteiger charge is 2.18. The molecule has 3 rings (SSSR count). The number of rotatable bonds is 7. The summed E-state index contributed by atoms with van der Waals surface area (Å²) in [6.07, 6.45) is 7.11. The van der Waals surface area contributed by atoms with Gasteiger partial charge in [-0.05, 0) is 43.2 Å². The van der Waals surface area contributed by atoms with Crippen molar-refractivity contribution in [2.45, 2.75) is 39.5 Å². The second kappa shape index (κ2) is 9.37. The lowest BCUT2D eigenvalue weighted by Crippen LogP contribution is -2.42. The summed E-state index contributed by atoms with van der Waals surface area (Å²) >= 11 is 6.30. The average molecular weight is 398 g/mol. The number of carbonyl (C=O) groups excluding carboxylic acids is 1. The summed E-state index contributed by atoms with van der Waals surface area (Å²) in [5.41, 5.74) is 2.02. The lowest BCUT2D eigenvalue weighted by atomic mass is 10.2. The Morgan fingerprint density at radius 2 is 1.89 bits per heavy atom. The first-order valence-corrected chi connectivity index (χ1v) is 9.58. The Hall–Kier alpha value is -2.86. The molecule has 146 valence electrons. The van der Waals surface area contributed by atoms with Gasteiger partial charge in [0.25, 0.3) is 0 Å². The topological polar surface area (TPSA) is 63.1 Å². The number of pyridine rings is 1. The van der Waals surface area contributed by atoms with Crippen LogP contribution in [0.3, 0.4) is 0 Å². The lowest BCUT2D eigenvalue weighted by molar-refractivity contribution is 0.187. The number of nitrogens with zero attached hydrogens (tertiary/aromatic N) is 4. The van der Waals surface area contributed by atoms with Crippen molar-refractivity contribution < 1.29 is 4.79 Å². The van der Waals surface area contributed by atoms with Crippen LogP contribution < -0.4 is 5.32 Å². The number of halogens is 1. The van der Waals surface area contributed by atoms with Crippen molar-refractivity contribution in [3.63, 3.8) is 0 Å². The summed E-state index contributed by atoms with van der Waals surface area (Å²) in [5, 5.41) is 3.68. The minimum Gasteiger partial charge on any atom is -0.336 e. The smallest absolute Gasteiger partial charge is 0.318 e. The van der Waals surface area contributed by atoms with Crippen LogP contribution in [-0.4, -0.2) is 31.5 Å². The molecule has 0 radical (unpaired) electrons. The number of hydrogen-bond acceptors (Lipinski definition) is 3. The van der Waals surface area contributed by atoms with Gasteiger partial charge in [-0.2, -0.15) is 0 Å². The summed E-state index contributed by atoms with van der Waals surface area (Å²) in [6, 6.07) is 11.5. The van der Waals surface area contributed by atoms with E-state index in [-0.39, 0.29) is 12.1 Å². The first-order valence-electron chi connectivity index (χ1n) is 9.20. The first kappa shape index (κ1) is 19.9. The number of nitrogens with one attached hydrogen (secondary N) is 1. The predicted molar refractivity (Wildman–Crippen MR) is 110 cm³/mol. The highest BCUT2D eigenvalue weighted by atomic mass is 35.5. The van der Waals surface area contributed by atoms with Crippen LogP contribution >= 0.6 is 11.6 Å². The minimum atomic E-state index is -0.126. The van der Waals surface area contributed by atoms with Gasteiger partial charge in [-0.15, -0.1) is 0 Å². The normalized spacial score (nSPS) is 10.9. The number of urea groups is 1. The van der Waals surface area contributed by atoms with Crippen molar-refractivity contribution in [3.8, 4) is 0 Å². The molecule has 0 unspecified atom stereocenters. The molecule has 1 aromatic carbocycles. The molecule has 0 atom stereocenters. The Kier molecular flexibility index (Phi) is 6.66. The molecule has 0 aliphatic carbocycles. The van der Waals surface area contributed by atoms with E-state index < -0.39 is 0 Å². The molecule has 2 aromatic heterocycles. The molecule has 0 fully saturated rings. The molecule has 0 saturated heterocycles. The van der Waals surface area contributed by atoms with Crippen LogP contribution in [0, 0.1) is 0 Å². The summed E-state index contributed by atoms with van der Waals surface area (Å²) in [6.45, 7) is 5.35. The fraction of sp³-hybridized carbons (Fsp3) is 0.286. The van der Waals surface area contributed by atoms with Gasteiger partial charge in [0, 0.05) is 42.4 Å². The Morgan fingerprint density at radius 1 is 1.14 bits per heavy atom. The van der Waals surface area contributed by atoms with E-state index in [1.165, 1.54) is 0 Å². The number of aromatic nitrogens is 3. The molecule has 28 heavy (non-hydrogen) atoms. The molecular weight excluding hydrogens is 374 g/mol. The fourth-order valence-electron chi connectivity index (χ4n) is 2.86. The zero-order valence-electron chi connectivity index (χ0n) is 16.0. The quantitative estimate of drug-likeness (QED) is 0.652. The van der Waals surface area contributed by atoms with Gasteiger partial charge >= 0.3 is 6.03 Å². The molecule has 1 N–H and O–H groups in total. The van der Waals surface area contributed by atoms with Gasteiger partial charge in [-0.3, -0.25) is 4.98 Å². The van der Waals surface area contributed by atoms with E-state index in [1.807, 2.05) is 61.0 Å². The average Bonchev–Trinajstić information content (AvgIpc) is 3.10. The highest BCUT2D eigenvalue weighted by Crippen LogP contribution is 2.18. The molecule has 3 aromatic rings. The third-order valence-corrected chi connectivity index (χ3v) is 4.62. The molecule has 2 amide bonds. The number of amides is 2. The second-order valence-electron chi connectivity index (χ2n) is 6.88. The fourth-order valence-corrected chi connectivity index (χ4v) is 3.06. The molecule has 6 nitrogen and oxygen atoms in total. The number of carbonyl (C=O) groups is 1. The number of hydrogen-bond donors (Lipinski definition) is 1. The maximum atomic E-state index is 12.7. The van der Waals surface area contributed by atoms with E-state index in [1.54, 1.807) is 23.5 Å². The molecule has 0 saturated carbocycles. The van der Waals surface area contributed by atoms with Crippen LogP contribution in [0.2, 0.25) is 5.02 Å². The van der Waals surface area contributed by atoms with Crippen molar-refractivity contribution in [1.29, 1.82) is 0 Å². The third-order valence-electron chi connectivity index (χ3n) is 4.25. The standard InChI is InChI=1S/C21H24ClN5O/c1-16(2)25-21(28)27(13-17-7-9-23-10-8-17)15-20-24-11-12-26(20)14-18-5-3-4-6-19(18)22/h3-12,16H,13-15H2,1-2H3,(H,25,28). The maximum absolute atomic E-state index is 12.7. The third kappa shape index (κ3) is 5.33. The summed E-state index contributed by atoms with van der Waals surface area (Å²) < 4.78 is 2.02. The molecule has 7 heteroatoms. The van der Waals surface area contributed by atoms with Gasteiger partial charge in [0.05, 0.1) is 13.1 Å². The molecular formula is C21H24ClN5O. The van der Waals surface area contributed by atoms with Crippen molar-refractivity contribution in [3.05, 3.63) is 83.2 Å². The van der Waals surface area contributed by atoms with Crippen LogP contribution in [0.25, 0.3) is 0 Å². The molecule has 0 bridgehead atoms. The zero-order chi connectivity index (χ0) is 19.9. The van der Waals surface area contributed by atoms with Gasteiger partial charge < -0.3 is 14.8 Å². The maximum Gasteiger partial charge on any atom is 0.318 e. The predicted octanol–water partition coefficient (Wildman–Crippen LogP) is 4.10. The summed E-state index contributed by atoms with van der Waals surface area (Å²) in [4.78, 5) is 23.0. The summed E-state index contributed by atoms with van der Waals surface area (Å²) in [5.74, 6) is 0.799. The monoisotopic (exact) mass is 397 g/mol. The van der Waals surface area contributed by atoms with Gasteiger partial charge in [-0.1, -0.05) is 29.8 Å². The molecule has 2 heterocycles. The van der Waals surface area contributed by atoms with Gasteiger partial charge in [0.15, 0.2) is 0 Å². The Morgan fingerprint density at radius 3 is 2.61 bits per heavy atom. The summed E-state index contributed by atoms with van der Waals surface area (Å²) in [7, 11) is 0. The minimum absolute atomic E-state index is 0.0512. The Labute approximate surface area is 170 Å². The van der Waals surface area contributed by atoms with Crippen molar-refractivity contribution in [1.82, 2.24) is 24.8 Å². The van der Waals surface area contributed by atoms with E-state index in [0.717, 1.165) is 17.0 Å². The zero-order valence-corrected chi connectivity index (χ0v) is 16.8. The highest BCUT2D eigenvalue weighted by molar-refractivity contribution is 6.31. The van der Waals surface area contributed by atoms with E-state index in [0.29, 0.717) is 24.7 Å². The Balaban J connectivity index is 1.80. The van der Waals surface area contributed by atoms with Crippen LogP contribution in [-0.2, 0) is 19.6 Å². The molecule has 0 aliphatic rings. The van der Waals surface area contributed by atoms with Crippen LogP contribution in [0.1, 0.15) is 30.8 Å². The molecule has 0 spiro atoms. The van der Waals surface area contributed by atoms with Crippen molar-refractivity contribution >= 4 is 17.6 Å². The second-order valence-corrected chi connectivity index (χ2v) is 7.29. The van der Waals surface area contributed by atoms with Gasteiger partial charge in [0.1, 0.15) is 5.82 Å². The van der Waals surface area contributed by atoms with E-state index in [4.69, 9.17) is 11.6 Å². The largest absolute Gasteiger partial charge is 0.336 e. The SMILES string of the molecule is CC(C)NC(=O)N(Cc1ccncc1)Cc1nccn1Cc1ccccc1Cl. The van der Waals surface area contributed by atoms with Crippen molar-refractivity contribution in [2.75, 3.05) is 0 Å². The number of imidazole rings is 1. The van der Waals surface area contributed by atoms with Gasteiger partial charge in [0.2, 0.25) is 0 Å². The van der Waals surface area contributed by atoms with Gasteiger partial charge in [-0.25, -0.2) is 9.78 Å². The lowest BCUT2D eigenvalue weighted by Gasteiger charge is -2.24. The molecule has 0 aliphatic heterocycles. The van der Waals surface area contributed by atoms with Crippen LogP contribution in [0.5, 0.6) is 0 Å². The van der Waals surface area contributed by atoms with Crippen molar-refractivity contribution in [2.24, 2.45) is 0 Å². The van der Waals surface area contributed by atoms with E-state index >= 15 is 0 Å². The number of benzene rings is 1. The van der Waals surface area contributed by atoms with Crippen LogP contribution in [0.4, 0.5) is 4.79 Å². The van der Waals surface area contributed by atoms with Crippen LogP contribution in [0.15, 0.2) is 61.2 Å². The Bertz CT molecular complexity index is 910.